The number of carbonyl (C=O) groups excluding carboxylic acids is 1. The number of hydrogen-bond acceptors (Lipinski definition) is 4. The molecule has 1 aromatic rings. The van der Waals surface area contributed by atoms with E-state index in [-0.39, 0.29) is 5.82 Å². The summed E-state index contributed by atoms with van der Waals surface area (Å²) >= 11 is 0. The Bertz CT molecular complexity index is 550. The standard InChI is InChI=1S/C13H13FN2O2/c1-8-5-9(3-4-11(8)14)12-6-10(7-15-16-12)13(17)18-2/h3-7,15-16H,1-2H3. The van der Waals surface area contributed by atoms with E-state index >= 15 is 0 Å². The average molecular weight is 248 g/mol. The van der Waals surface area contributed by atoms with Crippen LogP contribution in [0.3, 0.4) is 0 Å². The van der Waals surface area contributed by atoms with E-state index in [2.05, 4.69) is 15.6 Å². The molecular formula is C13H13FN2O2. The first kappa shape index (κ1) is 12.2. The molecule has 0 atom stereocenters. The third kappa shape index (κ3) is 2.34. The van der Waals surface area contributed by atoms with Crippen molar-refractivity contribution < 1.29 is 13.9 Å². The van der Waals surface area contributed by atoms with Gasteiger partial charge >= 0.3 is 5.97 Å². The molecule has 0 aromatic heterocycles. The van der Waals surface area contributed by atoms with Crippen molar-refractivity contribution in [1.29, 1.82) is 0 Å². The monoisotopic (exact) mass is 248 g/mol. The van der Waals surface area contributed by atoms with Gasteiger partial charge in [-0.25, -0.2) is 9.18 Å². The number of rotatable bonds is 2. The molecule has 1 heterocycles. The largest absolute Gasteiger partial charge is 0.465 e. The van der Waals surface area contributed by atoms with Crippen molar-refractivity contribution in [2.75, 3.05) is 7.11 Å². The van der Waals surface area contributed by atoms with Crippen molar-refractivity contribution in [3.8, 4) is 0 Å². The normalized spacial score (nSPS) is 13.9. The summed E-state index contributed by atoms with van der Waals surface area (Å²) in [5, 5.41) is 0. The van der Waals surface area contributed by atoms with Crippen molar-refractivity contribution in [2.45, 2.75) is 6.92 Å². The second-order valence-corrected chi connectivity index (χ2v) is 3.88. The summed E-state index contributed by atoms with van der Waals surface area (Å²) in [6.45, 7) is 1.69. The van der Waals surface area contributed by atoms with Gasteiger partial charge in [-0.2, -0.15) is 0 Å². The predicted molar refractivity (Wildman–Crippen MR) is 65.5 cm³/mol. The van der Waals surface area contributed by atoms with Gasteiger partial charge in [0.05, 0.1) is 18.4 Å². The molecule has 0 unspecified atom stereocenters. The van der Waals surface area contributed by atoms with Gasteiger partial charge < -0.3 is 15.6 Å². The summed E-state index contributed by atoms with van der Waals surface area (Å²) in [6, 6.07) is 4.74. The minimum absolute atomic E-state index is 0.258. The van der Waals surface area contributed by atoms with Crippen LogP contribution in [0.5, 0.6) is 0 Å². The summed E-state index contributed by atoms with van der Waals surface area (Å²) in [5.41, 5.74) is 8.06. The van der Waals surface area contributed by atoms with E-state index in [1.54, 1.807) is 25.1 Å². The maximum absolute atomic E-state index is 13.2. The van der Waals surface area contributed by atoms with Gasteiger partial charge in [-0.3, -0.25) is 0 Å². The Morgan fingerprint density at radius 3 is 2.83 bits per heavy atom. The number of ether oxygens (including phenoxy) is 1. The molecule has 0 saturated heterocycles. The highest BCUT2D eigenvalue weighted by molar-refractivity contribution is 5.94. The molecule has 1 aliphatic rings. The third-order valence-corrected chi connectivity index (χ3v) is 2.62. The lowest BCUT2D eigenvalue weighted by Crippen LogP contribution is -2.30. The molecule has 0 aliphatic carbocycles. The van der Waals surface area contributed by atoms with Crippen molar-refractivity contribution >= 4 is 11.7 Å². The Hall–Kier alpha value is -2.30. The van der Waals surface area contributed by atoms with E-state index in [0.717, 1.165) is 5.56 Å². The van der Waals surface area contributed by atoms with Crippen LogP contribution in [-0.4, -0.2) is 13.1 Å². The highest BCUT2D eigenvalue weighted by Gasteiger charge is 2.13. The molecule has 0 amide bonds. The summed E-state index contributed by atoms with van der Waals surface area (Å²) in [4.78, 5) is 11.4. The maximum atomic E-state index is 13.2. The molecule has 5 heteroatoms. The summed E-state index contributed by atoms with van der Waals surface area (Å²) in [6.07, 6.45) is 3.15. The number of nitrogens with one attached hydrogen (secondary N) is 2. The topological polar surface area (TPSA) is 50.4 Å². The van der Waals surface area contributed by atoms with E-state index in [0.29, 0.717) is 16.8 Å². The van der Waals surface area contributed by atoms with Gasteiger partial charge in [-0.05, 0) is 42.3 Å². The van der Waals surface area contributed by atoms with Crippen molar-refractivity contribution in [2.24, 2.45) is 0 Å². The molecule has 0 saturated carbocycles. The molecule has 0 spiro atoms. The predicted octanol–water partition coefficient (Wildman–Crippen LogP) is 1.64. The van der Waals surface area contributed by atoms with Crippen molar-refractivity contribution in [3.63, 3.8) is 0 Å². The van der Waals surface area contributed by atoms with Crippen LogP contribution in [0.15, 0.2) is 36.0 Å². The molecule has 2 N–H and O–H groups in total. The zero-order chi connectivity index (χ0) is 13.1. The Morgan fingerprint density at radius 1 is 1.39 bits per heavy atom. The zero-order valence-electron chi connectivity index (χ0n) is 10.1. The Balaban J connectivity index is 2.33. The molecule has 2 rings (SSSR count). The lowest BCUT2D eigenvalue weighted by molar-refractivity contribution is -0.135. The third-order valence-electron chi connectivity index (χ3n) is 2.62. The van der Waals surface area contributed by atoms with Crippen LogP contribution in [0, 0.1) is 12.7 Å². The second-order valence-electron chi connectivity index (χ2n) is 3.88. The van der Waals surface area contributed by atoms with Crippen LogP contribution < -0.4 is 10.9 Å². The van der Waals surface area contributed by atoms with Gasteiger partial charge in [0.25, 0.3) is 0 Å². The molecule has 1 aromatic carbocycles. The first-order chi connectivity index (χ1) is 8.61. The van der Waals surface area contributed by atoms with Crippen LogP contribution in [0.2, 0.25) is 0 Å². The summed E-state index contributed by atoms with van der Waals surface area (Å²) in [7, 11) is 1.32. The Morgan fingerprint density at radius 2 is 2.17 bits per heavy atom. The highest BCUT2D eigenvalue weighted by Crippen LogP contribution is 2.19. The Labute approximate surface area is 104 Å². The van der Waals surface area contributed by atoms with Gasteiger partial charge in [-0.15, -0.1) is 0 Å². The highest BCUT2D eigenvalue weighted by atomic mass is 19.1. The smallest absolute Gasteiger partial charge is 0.339 e. The van der Waals surface area contributed by atoms with Gasteiger partial charge in [-0.1, -0.05) is 0 Å². The number of benzene rings is 1. The quantitative estimate of drug-likeness (QED) is 0.781. The fraction of sp³-hybridized carbons (Fsp3) is 0.154. The maximum Gasteiger partial charge on any atom is 0.339 e. The number of hydrazine groups is 1. The van der Waals surface area contributed by atoms with Crippen LogP contribution in [0.25, 0.3) is 5.70 Å². The fourth-order valence-corrected chi connectivity index (χ4v) is 1.63. The minimum atomic E-state index is -0.430. The number of methoxy groups -OCH3 is 1. The lowest BCUT2D eigenvalue weighted by atomic mass is 10.1. The summed E-state index contributed by atoms with van der Waals surface area (Å²) < 4.78 is 17.8. The van der Waals surface area contributed by atoms with Crippen LogP contribution in [0.1, 0.15) is 11.1 Å². The van der Waals surface area contributed by atoms with E-state index in [4.69, 9.17) is 0 Å². The molecular weight excluding hydrogens is 235 g/mol. The molecule has 0 fully saturated rings. The number of aryl methyl sites for hydroxylation is 1. The van der Waals surface area contributed by atoms with Gasteiger partial charge in [0.2, 0.25) is 0 Å². The van der Waals surface area contributed by atoms with E-state index < -0.39 is 5.97 Å². The van der Waals surface area contributed by atoms with Gasteiger partial charge in [0.15, 0.2) is 0 Å². The first-order valence-corrected chi connectivity index (χ1v) is 5.40. The van der Waals surface area contributed by atoms with Crippen LogP contribution in [-0.2, 0) is 9.53 Å². The van der Waals surface area contributed by atoms with Gasteiger partial charge in [0, 0.05) is 6.20 Å². The molecule has 94 valence electrons. The van der Waals surface area contributed by atoms with E-state index in [1.165, 1.54) is 19.4 Å². The SMILES string of the molecule is COC(=O)C1=CNNC(c2ccc(F)c(C)c2)=C1. The molecule has 0 radical (unpaired) electrons. The van der Waals surface area contributed by atoms with Crippen LogP contribution in [0.4, 0.5) is 4.39 Å². The molecule has 4 nitrogen and oxygen atoms in total. The molecule has 1 aliphatic heterocycles. The number of hydrogen-bond donors (Lipinski definition) is 2. The minimum Gasteiger partial charge on any atom is -0.465 e. The Kier molecular flexibility index (Phi) is 3.32. The fourth-order valence-electron chi connectivity index (χ4n) is 1.63. The van der Waals surface area contributed by atoms with E-state index in [9.17, 15) is 9.18 Å². The number of halogens is 1. The zero-order valence-corrected chi connectivity index (χ0v) is 10.1. The second kappa shape index (κ2) is 4.91. The molecule has 18 heavy (non-hydrogen) atoms. The molecule has 0 bridgehead atoms. The van der Waals surface area contributed by atoms with Crippen molar-refractivity contribution in [3.05, 3.63) is 53.0 Å². The number of esters is 1. The van der Waals surface area contributed by atoms with E-state index in [1.807, 2.05) is 0 Å². The number of carbonyl (C=O) groups is 1. The van der Waals surface area contributed by atoms with Crippen LogP contribution >= 0.6 is 0 Å². The average Bonchev–Trinajstić information content (AvgIpc) is 2.41. The van der Waals surface area contributed by atoms with Crippen molar-refractivity contribution in [1.82, 2.24) is 10.9 Å². The van der Waals surface area contributed by atoms with Gasteiger partial charge in [0.1, 0.15) is 5.82 Å². The first-order valence-electron chi connectivity index (χ1n) is 5.40. The lowest BCUT2D eigenvalue weighted by Gasteiger charge is -2.17. The summed E-state index contributed by atoms with van der Waals surface area (Å²) in [5.74, 6) is -0.688.